The van der Waals surface area contributed by atoms with E-state index in [0.29, 0.717) is 11.4 Å². The third-order valence-electron chi connectivity index (χ3n) is 1.69. The van der Waals surface area contributed by atoms with E-state index in [2.05, 4.69) is 4.98 Å². The maximum Gasteiger partial charge on any atom is 0.179 e. The average molecular weight is 163 g/mol. The second kappa shape index (κ2) is 2.41. The Hall–Kier alpha value is -1.71. The Morgan fingerprint density at radius 2 is 2.42 bits per heavy atom. The predicted molar refractivity (Wildman–Crippen MR) is 46.2 cm³/mol. The van der Waals surface area contributed by atoms with E-state index in [1.54, 1.807) is 25.6 Å². The summed E-state index contributed by atoms with van der Waals surface area (Å²) in [5.41, 5.74) is 7.08. The van der Waals surface area contributed by atoms with Crippen LogP contribution in [0.4, 0.5) is 5.69 Å². The third kappa shape index (κ3) is 0.887. The highest BCUT2D eigenvalue weighted by Crippen LogP contribution is 2.20. The molecule has 0 saturated heterocycles. The number of hydrogen-bond donors (Lipinski definition) is 1. The number of hydrogen-bond acceptors (Lipinski definition) is 3. The van der Waals surface area contributed by atoms with Crippen molar-refractivity contribution in [3.05, 3.63) is 24.7 Å². The number of aromatic nitrogens is 2. The van der Waals surface area contributed by atoms with Crippen LogP contribution in [0.25, 0.3) is 5.65 Å². The molecule has 2 aromatic rings. The van der Waals surface area contributed by atoms with E-state index in [-0.39, 0.29) is 0 Å². The van der Waals surface area contributed by atoms with Gasteiger partial charge in [0.1, 0.15) is 0 Å². The topological polar surface area (TPSA) is 52.5 Å². The van der Waals surface area contributed by atoms with Crippen molar-refractivity contribution in [2.24, 2.45) is 0 Å². The van der Waals surface area contributed by atoms with Crippen LogP contribution in [-0.2, 0) is 0 Å². The number of methoxy groups -OCH3 is 1. The van der Waals surface area contributed by atoms with Gasteiger partial charge in [-0.1, -0.05) is 0 Å². The second-order valence-corrected chi connectivity index (χ2v) is 2.50. The number of fused-ring (bicyclic) bond motifs is 1. The van der Waals surface area contributed by atoms with Crippen molar-refractivity contribution in [2.45, 2.75) is 0 Å². The van der Waals surface area contributed by atoms with Crippen molar-refractivity contribution in [3.8, 4) is 5.75 Å². The summed E-state index contributed by atoms with van der Waals surface area (Å²) in [6.07, 6.45) is 5.33. The number of nitrogen functional groups attached to an aromatic ring is 1. The van der Waals surface area contributed by atoms with Crippen LogP contribution in [0.15, 0.2) is 24.7 Å². The maximum atomic E-state index is 5.63. The van der Waals surface area contributed by atoms with Crippen molar-refractivity contribution in [1.29, 1.82) is 0 Å². The summed E-state index contributed by atoms with van der Waals surface area (Å²) in [5.74, 6) is 0.694. The minimum absolute atomic E-state index is 0.664. The van der Waals surface area contributed by atoms with Crippen molar-refractivity contribution >= 4 is 11.3 Å². The quantitative estimate of drug-likeness (QED) is 0.680. The minimum Gasteiger partial charge on any atom is -0.493 e. The van der Waals surface area contributed by atoms with E-state index in [0.717, 1.165) is 5.65 Å². The van der Waals surface area contributed by atoms with Crippen LogP contribution in [0.2, 0.25) is 0 Å². The molecular formula is C8H9N3O. The van der Waals surface area contributed by atoms with Gasteiger partial charge >= 0.3 is 0 Å². The molecule has 0 spiro atoms. The molecule has 0 aliphatic rings. The highest BCUT2D eigenvalue weighted by Gasteiger charge is 2.02. The van der Waals surface area contributed by atoms with Crippen molar-refractivity contribution < 1.29 is 4.74 Å². The molecule has 0 aliphatic carbocycles. The average Bonchev–Trinajstić information content (AvgIpc) is 2.50. The standard InChI is InChI=1S/C8H9N3O/c1-12-7-4-6(9)5-11-3-2-10-8(7)11/h2-5H,9H2,1H3. The smallest absolute Gasteiger partial charge is 0.179 e. The molecule has 0 atom stereocenters. The van der Waals surface area contributed by atoms with Gasteiger partial charge in [-0.15, -0.1) is 0 Å². The van der Waals surface area contributed by atoms with Gasteiger partial charge < -0.3 is 14.9 Å². The van der Waals surface area contributed by atoms with Gasteiger partial charge in [-0.3, -0.25) is 0 Å². The van der Waals surface area contributed by atoms with Gasteiger partial charge in [0, 0.05) is 24.7 Å². The fraction of sp³-hybridized carbons (Fsp3) is 0.125. The molecule has 0 saturated carbocycles. The second-order valence-electron chi connectivity index (χ2n) is 2.50. The molecule has 4 heteroatoms. The zero-order chi connectivity index (χ0) is 8.55. The number of pyridine rings is 1. The number of nitrogens with zero attached hydrogens (tertiary/aromatic N) is 2. The van der Waals surface area contributed by atoms with E-state index in [1.807, 2.05) is 10.6 Å². The number of ether oxygens (including phenoxy) is 1. The van der Waals surface area contributed by atoms with Gasteiger partial charge in [-0.25, -0.2) is 4.98 Å². The van der Waals surface area contributed by atoms with Gasteiger partial charge in [-0.2, -0.15) is 0 Å². The van der Waals surface area contributed by atoms with Gasteiger partial charge in [0.05, 0.1) is 12.8 Å². The number of nitrogens with two attached hydrogens (primary N) is 1. The number of anilines is 1. The van der Waals surface area contributed by atoms with Crippen LogP contribution in [0.3, 0.4) is 0 Å². The van der Waals surface area contributed by atoms with Crippen molar-refractivity contribution in [1.82, 2.24) is 9.38 Å². The SMILES string of the molecule is COc1cc(N)cn2ccnc12. The summed E-state index contributed by atoms with van der Waals surface area (Å²) >= 11 is 0. The molecule has 0 unspecified atom stereocenters. The molecule has 2 heterocycles. The molecule has 2 N–H and O–H groups in total. The molecule has 62 valence electrons. The zero-order valence-electron chi connectivity index (χ0n) is 6.69. The normalized spacial score (nSPS) is 10.4. The molecule has 2 aromatic heterocycles. The van der Waals surface area contributed by atoms with E-state index in [1.165, 1.54) is 0 Å². The highest BCUT2D eigenvalue weighted by molar-refractivity contribution is 5.59. The van der Waals surface area contributed by atoms with Gasteiger partial charge in [0.2, 0.25) is 0 Å². The molecule has 0 radical (unpaired) electrons. The van der Waals surface area contributed by atoms with Crippen LogP contribution in [0.5, 0.6) is 5.75 Å². The first-order chi connectivity index (χ1) is 5.81. The Balaban J connectivity index is 2.80. The molecule has 0 aromatic carbocycles. The van der Waals surface area contributed by atoms with Crippen LogP contribution < -0.4 is 10.5 Å². The Morgan fingerprint density at radius 3 is 3.17 bits per heavy atom. The number of rotatable bonds is 1. The van der Waals surface area contributed by atoms with Crippen LogP contribution in [0, 0.1) is 0 Å². The summed E-state index contributed by atoms with van der Waals surface area (Å²) in [4.78, 5) is 4.11. The van der Waals surface area contributed by atoms with Crippen LogP contribution >= 0.6 is 0 Å². The lowest BCUT2D eigenvalue weighted by molar-refractivity contribution is 0.417. The molecule has 0 aliphatic heterocycles. The van der Waals surface area contributed by atoms with Gasteiger partial charge in [-0.05, 0) is 0 Å². The summed E-state index contributed by atoms with van der Waals surface area (Å²) in [7, 11) is 1.60. The summed E-state index contributed by atoms with van der Waals surface area (Å²) in [6.45, 7) is 0. The molecular weight excluding hydrogens is 154 g/mol. The first-order valence-electron chi connectivity index (χ1n) is 3.57. The summed E-state index contributed by atoms with van der Waals surface area (Å²) < 4.78 is 6.93. The van der Waals surface area contributed by atoms with E-state index >= 15 is 0 Å². The maximum absolute atomic E-state index is 5.63. The van der Waals surface area contributed by atoms with E-state index in [9.17, 15) is 0 Å². The largest absolute Gasteiger partial charge is 0.493 e. The Bertz CT molecular complexity index is 408. The molecule has 4 nitrogen and oxygen atoms in total. The fourth-order valence-corrected chi connectivity index (χ4v) is 1.17. The zero-order valence-corrected chi connectivity index (χ0v) is 6.69. The lowest BCUT2D eigenvalue weighted by Gasteiger charge is -2.02. The lowest BCUT2D eigenvalue weighted by Crippen LogP contribution is -1.94. The van der Waals surface area contributed by atoms with Gasteiger partial charge in [0.15, 0.2) is 11.4 Å². The number of imidazole rings is 1. The molecule has 0 amide bonds. The van der Waals surface area contributed by atoms with E-state index < -0.39 is 0 Å². The van der Waals surface area contributed by atoms with Crippen molar-refractivity contribution in [2.75, 3.05) is 12.8 Å². The highest BCUT2D eigenvalue weighted by atomic mass is 16.5. The summed E-state index contributed by atoms with van der Waals surface area (Å²) in [5, 5.41) is 0. The summed E-state index contributed by atoms with van der Waals surface area (Å²) in [6, 6.07) is 1.75. The Kier molecular flexibility index (Phi) is 1.40. The van der Waals surface area contributed by atoms with E-state index in [4.69, 9.17) is 10.5 Å². The van der Waals surface area contributed by atoms with Crippen LogP contribution in [0.1, 0.15) is 0 Å². The minimum atomic E-state index is 0.664. The third-order valence-corrected chi connectivity index (χ3v) is 1.69. The Morgan fingerprint density at radius 1 is 1.58 bits per heavy atom. The molecule has 0 fully saturated rings. The molecule has 0 bridgehead atoms. The first kappa shape index (κ1) is 6.97. The van der Waals surface area contributed by atoms with Crippen LogP contribution in [-0.4, -0.2) is 16.5 Å². The molecule has 12 heavy (non-hydrogen) atoms. The lowest BCUT2D eigenvalue weighted by atomic mass is 10.4. The first-order valence-corrected chi connectivity index (χ1v) is 3.57. The monoisotopic (exact) mass is 163 g/mol. The van der Waals surface area contributed by atoms with Gasteiger partial charge in [0.25, 0.3) is 0 Å². The predicted octanol–water partition coefficient (Wildman–Crippen LogP) is 0.925. The molecule has 2 rings (SSSR count). The van der Waals surface area contributed by atoms with Crippen molar-refractivity contribution in [3.63, 3.8) is 0 Å². The fourth-order valence-electron chi connectivity index (χ4n) is 1.17. The Labute approximate surface area is 69.6 Å².